The zero-order valence-corrected chi connectivity index (χ0v) is 15.6. The molecule has 138 valence electrons. The number of aryl methyl sites for hydroxylation is 1. The van der Waals surface area contributed by atoms with Crippen molar-refractivity contribution in [3.05, 3.63) is 17.5 Å². The SMILES string of the molecule is CCN1CCN(c2nc(C)cc(C(=O)NC3CCCCCC3)n2)CC1. The molecule has 6 heteroatoms. The molecule has 1 saturated carbocycles. The smallest absolute Gasteiger partial charge is 0.270 e. The lowest BCUT2D eigenvalue weighted by atomic mass is 10.1. The van der Waals surface area contributed by atoms with Crippen LogP contribution in [-0.2, 0) is 0 Å². The van der Waals surface area contributed by atoms with Crippen molar-refractivity contribution in [3.8, 4) is 0 Å². The van der Waals surface area contributed by atoms with E-state index in [-0.39, 0.29) is 5.91 Å². The van der Waals surface area contributed by atoms with Gasteiger partial charge in [0.1, 0.15) is 5.69 Å². The highest BCUT2D eigenvalue weighted by Gasteiger charge is 2.21. The third-order valence-electron chi connectivity index (χ3n) is 5.37. The van der Waals surface area contributed by atoms with Crippen molar-refractivity contribution < 1.29 is 4.79 Å². The number of carbonyl (C=O) groups is 1. The number of carbonyl (C=O) groups excluding carboxylic acids is 1. The Bertz CT molecular complexity index is 575. The van der Waals surface area contributed by atoms with Gasteiger partial charge in [-0.15, -0.1) is 0 Å². The quantitative estimate of drug-likeness (QED) is 0.849. The van der Waals surface area contributed by atoms with E-state index in [1.54, 1.807) is 6.07 Å². The molecule has 6 nitrogen and oxygen atoms in total. The van der Waals surface area contributed by atoms with E-state index in [0.717, 1.165) is 51.3 Å². The fraction of sp³-hybridized carbons (Fsp3) is 0.737. The first kappa shape index (κ1) is 18.1. The summed E-state index contributed by atoms with van der Waals surface area (Å²) in [6, 6.07) is 2.10. The summed E-state index contributed by atoms with van der Waals surface area (Å²) >= 11 is 0. The van der Waals surface area contributed by atoms with E-state index in [1.807, 2.05) is 6.92 Å². The van der Waals surface area contributed by atoms with Gasteiger partial charge in [-0.3, -0.25) is 4.79 Å². The number of anilines is 1. The first-order valence-electron chi connectivity index (χ1n) is 9.79. The second-order valence-corrected chi connectivity index (χ2v) is 7.28. The summed E-state index contributed by atoms with van der Waals surface area (Å²) in [7, 11) is 0. The monoisotopic (exact) mass is 345 g/mol. The molecule has 0 spiro atoms. The molecule has 1 aliphatic heterocycles. The average Bonchev–Trinajstić information content (AvgIpc) is 2.90. The molecule has 1 aromatic heterocycles. The summed E-state index contributed by atoms with van der Waals surface area (Å²) in [4.78, 5) is 26.5. The molecule has 0 unspecified atom stereocenters. The number of hydrogen-bond acceptors (Lipinski definition) is 5. The summed E-state index contributed by atoms with van der Waals surface area (Å²) in [5.74, 6) is 0.646. The molecule has 2 heterocycles. The lowest BCUT2D eigenvalue weighted by Gasteiger charge is -2.34. The molecule has 2 fully saturated rings. The molecule has 1 N–H and O–H groups in total. The average molecular weight is 345 g/mol. The third kappa shape index (κ3) is 4.91. The van der Waals surface area contributed by atoms with E-state index in [4.69, 9.17) is 0 Å². The minimum absolute atomic E-state index is 0.0501. The van der Waals surface area contributed by atoms with Crippen LogP contribution >= 0.6 is 0 Å². The van der Waals surface area contributed by atoms with Crippen LogP contribution in [0.15, 0.2) is 6.07 Å². The summed E-state index contributed by atoms with van der Waals surface area (Å²) < 4.78 is 0. The number of piperazine rings is 1. The highest BCUT2D eigenvalue weighted by molar-refractivity contribution is 5.92. The predicted molar refractivity (Wildman–Crippen MR) is 100 cm³/mol. The van der Waals surface area contributed by atoms with Crippen LogP contribution in [0.4, 0.5) is 5.95 Å². The Morgan fingerprint density at radius 1 is 1.12 bits per heavy atom. The fourth-order valence-electron chi connectivity index (χ4n) is 3.76. The summed E-state index contributed by atoms with van der Waals surface area (Å²) in [6.07, 6.45) is 7.16. The minimum Gasteiger partial charge on any atom is -0.348 e. The Hall–Kier alpha value is -1.69. The van der Waals surface area contributed by atoms with Crippen LogP contribution in [-0.4, -0.2) is 59.5 Å². The first-order chi connectivity index (χ1) is 12.2. The van der Waals surface area contributed by atoms with Gasteiger partial charge in [-0.1, -0.05) is 32.6 Å². The van der Waals surface area contributed by atoms with E-state index < -0.39 is 0 Å². The number of rotatable bonds is 4. The summed E-state index contributed by atoms with van der Waals surface area (Å²) in [5.41, 5.74) is 1.36. The molecule has 1 amide bonds. The van der Waals surface area contributed by atoms with E-state index in [1.165, 1.54) is 25.7 Å². The normalized spacial score (nSPS) is 20.3. The van der Waals surface area contributed by atoms with Gasteiger partial charge < -0.3 is 15.1 Å². The van der Waals surface area contributed by atoms with E-state index in [9.17, 15) is 4.79 Å². The lowest BCUT2D eigenvalue weighted by Crippen LogP contribution is -2.47. The van der Waals surface area contributed by atoms with Crippen LogP contribution in [0.1, 0.15) is 61.6 Å². The number of amides is 1. The standard InChI is InChI=1S/C19H31N5O/c1-3-23-10-12-24(13-11-23)19-20-15(2)14-17(22-19)18(25)21-16-8-6-4-5-7-9-16/h14,16H,3-13H2,1-2H3,(H,21,25). The van der Waals surface area contributed by atoms with Crippen molar-refractivity contribution in [2.45, 2.75) is 58.4 Å². The maximum Gasteiger partial charge on any atom is 0.270 e. The molecule has 1 aromatic rings. The van der Waals surface area contributed by atoms with Gasteiger partial charge in [0.15, 0.2) is 0 Å². The maximum atomic E-state index is 12.7. The van der Waals surface area contributed by atoms with Crippen LogP contribution < -0.4 is 10.2 Å². The van der Waals surface area contributed by atoms with Gasteiger partial charge >= 0.3 is 0 Å². The van der Waals surface area contributed by atoms with Gasteiger partial charge in [0, 0.05) is 37.9 Å². The molecule has 0 radical (unpaired) electrons. The van der Waals surface area contributed by atoms with Crippen LogP contribution in [0.25, 0.3) is 0 Å². The van der Waals surface area contributed by atoms with Crippen LogP contribution in [0.3, 0.4) is 0 Å². The van der Waals surface area contributed by atoms with E-state index >= 15 is 0 Å². The van der Waals surface area contributed by atoms with Gasteiger partial charge in [0.25, 0.3) is 5.91 Å². The lowest BCUT2D eigenvalue weighted by molar-refractivity contribution is 0.0928. The summed E-state index contributed by atoms with van der Waals surface area (Å²) in [5, 5.41) is 3.19. The molecule has 0 aromatic carbocycles. The van der Waals surface area contributed by atoms with E-state index in [0.29, 0.717) is 17.7 Å². The first-order valence-corrected chi connectivity index (χ1v) is 9.79. The van der Waals surface area contributed by atoms with Gasteiger partial charge in [0.2, 0.25) is 5.95 Å². The Kier molecular flexibility index (Phi) is 6.24. The molecule has 2 aliphatic rings. The minimum atomic E-state index is -0.0501. The zero-order valence-electron chi connectivity index (χ0n) is 15.6. The van der Waals surface area contributed by atoms with Crippen molar-refractivity contribution in [1.29, 1.82) is 0 Å². The highest BCUT2D eigenvalue weighted by Crippen LogP contribution is 2.18. The molecule has 25 heavy (non-hydrogen) atoms. The zero-order chi connectivity index (χ0) is 17.6. The van der Waals surface area contributed by atoms with Gasteiger partial charge in [-0.25, -0.2) is 9.97 Å². The Balaban J connectivity index is 1.67. The molecule has 1 aliphatic carbocycles. The molecule has 0 bridgehead atoms. The number of nitrogens with zero attached hydrogens (tertiary/aromatic N) is 4. The maximum absolute atomic E-state index is 12.7. The molecular weight excluding hydrogens is 314 g/mol. The second kappa shape index (κ2) is 8.61. The molecule has 0 atom stereocenters. The van der Waals surface area contributed by atoms with Crippen molar-refractivity contribution in [2.75, 3.05) is 37.6 Å². The van der Waals surface area contributed by atoms with Crippen molar-refractivity contribution in [1.82, 2.24) is 20.2 Å². The number of likely N-dealkylation sites (N-methyl/N-ethyl adjacent to an activating group) is 1. The summed E-state index contributed by atoms with van der Waals surface area (Å²) in [6.45, 7) is 9.10. The molecular formula is C19H31N5O. The van der Waals surface area contributed by atoms with Crippen LogP contribution in [0, 0.1) is 6.92 Å². The topological polar surface area (TPSA) is 61.4 Å². The number of hydrogen-bond donors (Lipinski definition) is 1. The van der Waals surface area contributed by atoms with Crippen molar-refractivity contribution >= 4 is 11.9 Å². The highest BCUT2D eigenvalue weighted by atomic mass is 16.1. The number of aromatic nitrogens is 2. The van der Waals surface area contributed by atoms with Crippen LogP contribution in [0.2, 0.25) is 0 Å². The Labute approximate surface area is 151 Å². The van der Waals surface area contributed by atoms with Crippen LogP contribution in [0.5, 0.6) is 0 Å². The Morgan fingerprint density at radius 3 is 2.44 bits per heavy atom. The predicted octanol–water partition coefficient (Wildman–Crippen LogP) is 2.38. The fourth-order valence-corrected chi connectivity index (χ4v) is 3.76. The van der Waals surface area contributed by atoms with Gasteiger partial charge in [0.05, 0.1) is 0 Å². The molecule has 1 saturated heterocycles. The largest absolute Gasteiger partial charge is 0.348 e. The Morgan fingerprint density at radius 2 is 1.80 bits per heavy atom. The number of nitrogens with one attached hydrogen (secondary N) is 1. The van der Waals surface area contributed by atoms with Gasteiger partial charge in [-0.05, 0) is 32.4 Å². The van der Waals surface area contributed by atoms with E-state index in [2.05, 4.69) is 32.0 Å². The van der Waals surface area contributed by atoms with Crippen molar-refractivity contribution in [3.63, 3.8) is 0 Å². The molecule has 3 rings (SSSR count). The van der Waals surface area contributed by atoms with Gasteiger partial charge in [-0.2, -0.15) is 0 Å². The second-order valence-electron chi connectivity index (χ2n) is 7.28. The third-order valence-corrected chi connectivity index (χ3v) is 5.37. The van der Waals surface area contributed by atoms with Crippen molar-refractivity contribution in [2.24, 2.45) is 0 Å².